The average molecular weight is 471 g/mol. The summed E-state index contributed by atoms with van der Waals surface area (Å²) in [7, 11) is 0. The van der Waals surface area contributed by atoms with Crippen LogP contribution in [0.1, 0.15) is 52.5 Å². The molecule has 5 heteroatoms. The van der Waals surface area contributed by atoms with Crippen molar-refractivity contribution in [2.75, 3.05) is 13.2 Å². The van der Waals surface area contributed by atoms with Crippen LogP contribution in [0, 0.1) is 11.3 Å². The molecule has 0 aromatic heterocycles. The number of aliphatic imine (C=N–C) groups is 1. The Kier molecular flexibility index (Phi) is 7.36. The molecule has 0 amide bonds. The van der Waals surface area contributed by atoms with Crippen molar-refractivity contribution in [1.29, 1.82) is 0 Å². The number of rotatable bonds is 5. The minimum Gasteiger partial charge on any atom is -0.377 e. The Balaban J connectivity index is 0.00000243. The first-order valence-electron chi connectivity index (χ1n) is 9.69. The van der Waals surface area contributed by atoms with Crippen LogP contribution in [0.25, 0.3) is 0 Å². The lowest BCUT2D eigenvalue weighted by Crippen LogP contribution is -2.68. The topological polar surface area (TPSA) is 45.7 Å². The van der Waals surface area contributed by atoms with Gasteiger partial charge in [-0.25, -0.2) is 0 Å². The summed E-state index contributed by atoms with van der Waals surface area (Å²) < 4.78 is 5.92. The average Bonchev–Trinajstić information content (AvgIpc) is 3.07. The smallest absolute Gasteiger partial charge is 0.191 e. The van der Waals surface area contributed by atoms with E-state index < -0.39 is 0 Å². The first-order chi connectivity index (χ1) is 11.9. The van der Waals surface area contributed by atoms with Crippen LogP contribution in [0.15, 0.2) is 35.3 Å². The lowest BCUT2D eigenvalue weighted by Gasteiger charge is -2.55. The van der Waals surface area contributed by atoms with Gasteiger partial charge in [0.15, 0.2) is 5.96 Å². The molecule has 26 heavy (non-hydrogen) atoms. The molecule has 5 atom stereocenters. The Labute approximate surface area is 175 Å². The Hall–Kier alpha value is -0.820. The van der Waals surface area contributed by atoms with E-state index in [1.54, 1.807) is 0 Å². The number of benzene rings is 1. The summed E-state index contributed by atoms with van der Waals surface area (Å²) in [6.45, 7) is 12.9. The van der Waals surface area contributed by atoms with Crippen LogP contribution < -0.4 is 10.6 Å². The van der Waals surface area contributed by atoms with E-state index in [1.165, 1.54) is 5.56 Å². The Morgan fingerprint density at radius 1 is 1.27 bits per heavy atom. The van der Waals surface area contributed by atoms with E-state index in [1.807, 2.05) is 0 Å². The molecule has 1 saturated carbocycles. The third kappa shape index (κ3) is 4.19. The van der Waals surface area contributed by atoms with Gasteiger partial charge in [-0.2, -0.15) is 0 Å². The number of guanidine groups is 1. The van der Waals surface area contributed by atoms with Gasteiger partial charge in [-0.15, -0.1) is 24.0 Å². The van der Waals surface area contributed by atoms with Gasteiger partial charge in [0.25, 0.3) is 0 Å². The summed E-state index contributed by atoms with van der Waals surface area (Å²) in [5, 5.41) is 7.34. The maximum atomic E-state index is 5.92. The largest absolute Gasteiger partial charge is 0.377 e. The van der Waals surface area contributed by atoms with Crippen LogP contribution >= 0.6 is 24.0 Å². The maximum absolute atomic E-state index is 5.92. The van der Waals surface area contributed by atoms with Gasteiger partial charge in [-0.1, -0.05) is 51.1 Å². The van der Waals surface area contributed by atoms with Crippen molar-refractivity contribution in [2.45, 2.75) is 65.1 Å². The molecule has 1 aromatic rings. The van der Waals surface area contributed by atoms with Gasteiger partial charge in [0.2, 0.25) is 0 Å². The minimum atomic E-state index is 0. The fourth-order valence-electron chi connectivity index (χ4n) is 4.44. The number of halogens is 1. The molecule has 2 aliphatic rings. The molecule has 4 nitrogen and oxygen atoms in total. The number of ether oxygens (including phenoxy) is 1. The van der Waals surface area contributed by atoms with Gasteiger partial charge in [-0.3, -0.25) is 4.99 Å². The lowest BCUT2D eigenvalue weighted by molar-refractivity contribution is -0.106. The summed E-state index contributed by atoms with van der Waals surface area (Å²) in [5.74, 6) is 1.96. The normalized spacial score (nSPS) is 29.0. The maximum Gasteiger partial charge on any atom is 0.191 e. The van der Waals surface area contributed by atoms with E-state index in [-0.39, 0.29) is 29.4 Å². The fraction of sp³-hybridized carbons (Fsp3) is 0.667. The molecule has 1 aromatic carbocycles. The van der Waals surface area contributed by atoms with Gasteiger partial charge in [0, 0.05) is 42.5 Å². The monoisotopic (exact) mass is 471 g/mol. The van der Waals surface area contributed by atoms with Crippen LogP contribution in [0.5, 0.6) is 0 Å². The van der Waals surface area contributed by atoms with Gasteiger partial charge in [0.1, 0.15) is 0 Å². The molecule has 3 rings (SSSR count). The zero-order chi connectivity index (χ0) is 18.0. The van der Waals surface area contributed by atoms with Crippen LogP contribution in [-0.2, 0) is 4.74 Å². The molecule has 1 aliphatic carbocycles. The van der Waals surface area contributed by atoms with Crippen molar-refractivity contribution in [3.05, 3.63) is 35.9 Å². The highest BCUT2D eigenvalue weighted by molar-refractivity contribution is 14.0. The van der Waals surface area contributed by atoms with Gasteiger partial charge >= 0.3 is 0 Å². The number of nitrogens with one attached hydrogen (secondary N) is 2. The molecule has 2 N–H and O–H groups in total. The number of hydrogen-bond acceptors (Lipinski definition) is 2. The second-order valence-corrected chi connectivity index (χ2v) is 8.14. The van der Waals surface area contributed by atoms with Crippen molar-refractivity contribution in [3.63, 3.8) is 0 Å². The molecule has 0 radical (unpaired) electrons. The molecule has 2 fully saturated rings. The summed E-state index contributed by atoms with van der Waals surface area (Å²) in [4.78, 5) is 4.70. The van der Waals surface area contributed by atoms with Crippen molar-refractivity contribution in [3.8, 4) is 0 Å². The van der Waals surface area contributed by atoms with Gasteiger partial charge in [-0.05, 0) is 25.8 Å². The first kappa shape index (κ1) is 21.5. The SMILES string of the molecule is CCN=C(NC(C)C(C)c1ccccc1)NC1C2CCOC2C1(C)C.I. The van der Waals surface area contributed by atoms with E-state index >= 15 is 0 Å². The highest BCUT2D eigenvalue weighted by Gasteiger charge is 2.59. The van der Waals surface area contributed by atoms with Crippen LogP contribution in [0.4, 0.5) is 0 Å². The first-order valence-corrected chi connectivity index (χ1v) is 9.69. The summed E-state index contributed by atoms with van der Waals surface area (Å²) >= 11 is 0. The highest BCUT2D eigenvalue weighted by Crippen LogP contribution is 2.52. The molecular formula is C21H34IN3O. The van der Waals surface area contributed by atoms with Crippen molar-refractivity contribution in [2.24, 2.45) is 16.3 Å². The quantitative estimate of drug-likeness (QED) is 0.385. The van der Waals surface area contributed by atoms with E-state index in [2.05, 4.69) is 75.6 Å². The van der Waals surface area contributed by atoms with Crippen LogP contribution in [-0.4, -0.2) is 37.3 Å². The van der Waals surface area contributed by atoms with E-state index in [0.29, 0.717) is 30.0 Å². The molecule has 0 spiro atoms. The number of hydrogen-bond donors (Lipinski definition) is 2. The third-order valence-electron chi connectivity index (χ3n) is 6.15. The Bertz CT molecular complexity index is 605. The highest BCUT2D eigenvalue weighted by atomic mass is 127. The van der Waals surface area contributed by atoms with Gasteiger partial charge < -0.3 is 15.4 Å². The number of fused-ring (bicyclic) bond motifs is 1. The zero-order valence-corrected chi connectivity index (χ0v) is 19.0. The minimum absolute atomic E-state index is 0. The van der Waals surface area contributed by atoms with E-state index in [4.69, 9.17) is 9.73 Å². The van der Waals surface area contributed by atoms with Crippen LogP contribution in [0.2, 0.25) is 0 Å². The molecule has 146 valence electrons. The lowest BCUT2D eigenvalue weighted by atomic mass is 9.57. The summed E-state index contributed by atoms with van der Waals surface area (Å²) in [5.41, 5.74) is 1.51. The molecule has 5 unspecified atom stereocenters. The van der Waals surface area contributed by atoms with E-state index in [0.717, 1.165) is 25.5 Å². The third-order valence-corrected chi connectivity index (χ3v) is 6.15. The molecule has 1 aliphatic heterocycles. The standard InChI is InChI=1S/C21H33N3O.HI/c1-6-22-20(23-15(3)14(2)16-10-8-7-9-11-16)24-18-17-12-13-25-19(17)21(18,4)5;/h7-11,14-15,17-19H,6,12-13H2,1-5H3,(H2,22,23,24);1H. The predicted molar refractivity (Wildman–Crippen MR) is 119 cm³/mol. The predicted octanol–water partition coefficient (Wildman–Crippen LogP) is 4.17. The Morgan fingerprint density at radius 3 is 2.62 bits per heavy atom. The van der Waals surface area contributed by atoms with Crippen molar-refractivity contribution in [1.82, 2.24) is 10.6 Å². The molecule has 0 bridgehead atoms. The summed E-state index contributed by atoms with van der Waals surface area (Å²) in [6.07, 6.45) is 1.55. The second-order valence-electron chi connectivity index (χ2n) is 8.14. The Morgan fingerprint density at radius 2 is 1.96 bits per heavy atom. The van der Waals surface area contributed by atoms with Gasteiger partial charge in [0.05, 0.1) is 6.10 Å². The zero-order valence-electron chi connectivity index (χ0n) is 16.7. The van der Waals surface area contributed by atoms with Crippen molar-refractivity contribution >= 4 is 29.9 Å². The van der Waals surface area contributed by atoms with Crippen LogP contribution in [0.3, 0.4) is 0 Å². The molecule has 1 saturated heterocycles. The number of nitrogens with zero attached hydrogens (tertiary/aromatic N) is 1. The van der Waals surface area contributed by atoms with Crippen molar-refractivity contribution < 1.29 is 4.74 Å². The molecule has 1 heterocycles. The van der Waals surface area contributed by atoms with E-state index in [9.17, 15) is 0 Å². The summed E-state index contributed by atoms with van der Waals surface area (Å²) in [6, 6.07) is 11.4. The second kappa shape index (κ2) is 8.91. The molecular weight excluding hydrogens is 437 g/mol. The fourth-order valence-corrected chi connectivity index (χ4v) is 4.44.